The van der Waals surface area contributed by atoms with Gasteiger partial charge in [0.15, 0.2) is 0 Å². The standard InChI is InChI=1S/C19H18FNO3S.C9H15N/c1-19-9-14(19)13-7-8-15(16(18(22)23-2)17(13)24-10-19)21-25-12-5-3-11(20)4-6-12;1-2-8-7-10-5-3-9(8)4-6-10/h3-8,14,21H,9-10H2,1-2H3;2,9H,3-7H2,1H3/b;8-2+/t14?,19-;/m0./s1. The molecule has 5 aliphatic rings. The molecule has 0 aromatic heterocycles. The average Bonchev–Trinajstić information content (AvgIpc) is 3.60. The molecule has 1 aliphatic carbocycles. The number of hydrogen-bond acceptors (Lipinski definition) is 6. The number of benzene rings is 2. The highest BCUT2D eigenvalue weighted by Gasteiger charge is 2.55. The van der Waals surface area contributed by atoms with Crippen LogP contribution < -0.4 is 9.46 Å². The molecule has 2 atom stereocenters. The van der Waals surface area contributed by atoms with Gasteiger partial charge in [-0.05, 0) is 99.0 Å². The SMILES string of the molecule is C/C=C1\CN2CCC1CC2.COC(=O)c1c(NSc2ccc(F)cc2)ccc2c1OC[C@]1(C)CC21. The van der Waals surface area contributed by atoms with Crippen molar-refractivity contribution >= 4 is 23.6 Å². The minimum absolute atomic E-state index is 0.193. The third-order valence-electron chi connectivity index (χ3n) is 7.83. The first-order chi connectivity index (χ1) is 16.9. The molecule has 2 aromatic rings. The second kappa shape index (κ2) is 9.86. The first-order valence-corrected chi connectivity index (χ1v) is 13.2. The Labute approximate surface area is 211 Å². The van der Waals surface area contributed by atoms with Crippen LogP contribution in [-0.4, -0.2) is 44.2 Å². The Balaban J connectivity index is 0.000000211. The van der Waals surface area contributed by atoms with Gasteiger partial charge in [0.1, 0.15) is 17.1 Å². The molecule has 4 heterocycles. The average molecular weight is 497 g/mol. The molecule has 186 valence electrons. The fourth-order valence-electron chi connectivity index (χ4n) is 5.50. The number of nitrogens with zero attached hydrogens (tertiary/aromatic N) is 1. The van der Waals surface area contributed by atoms with Crippen LogP contribution in [0.25, 0.3) is 0 Å². The summed E-state index contributed by atoms with van der Waals surface area (Å²) in [4.78, 5) is 15.8. The number of carbonyl (C=O) groups excluding carboxylic acids is 1. The molecule has 3 saturated heterocycles. The van der Waals surface area contributed by atoms with Crippen LogP contribution in [0.3, 0.4) is 0 Å². The molecule has 4 fully saturated rings. The van der Waals surface area contributed by atoms with E-state index < -0.39 is 5.97 Å². The van der Waals surface area contributed by atoms with Crippen molar-refractivity contribution in [1.82, 2.24) is 4.90 Å². The number of methoxy groups -OCH3 is 1. The van der Waals surface area contributed by atoms with E-state index in [0.717, 1.165) is 22.8 Å². The Kier molecular flexibility index (Phi) is 6.82. The molecule has 5 nitrogen and oxygen atoms in total. The van der Waals surface area contributed by atoms with Crippen LogP contribution in [0, 0.1) is 17.2 Å². The van der Waals surface area contributed by atoms with Gasteiger partial charge in [-0.2, -0.15) is 0 Å². The predicted octanol–water partition coefficient (Wildman–Crippen LogP) is 6.28. The zero-order chi connectivity index (χ0) is 24.6. The minimum atomic E-state index is -0.427. The van der Waals surface area contributed by atoms with E-state index >= 15 is 0 Å². The lowest BCUT2D eigenvalue weighted by Gasteiger charge is -2.41. The fourth-order valence-corrected chi connectivity index (χ4v) is 6.17. The Bertz CT molecular complexity index is 1130. The number of anilines is 1. The lowest BCUT2D eigenvalue weighted by molar-refractivity contribution is 0.0594. The van der Waals surface area contributed by atoms with E-state index in [2.05, 4.69) is 29.5 Å². The smallest absolute Gasteiger partial charge is 0.343 e. The third kappa shape index (κ3) is 4.94. The van der Waals surface area contributed by atoms with Gasteiger partial charge in [0.2, 0.25) is 0 Å². The van der Waals surface area contributed by atoms with Crippen LogP contribution in [0.1, 0.15) is 54.9 Å². The van der Waals surface area contributed by atoms with Gasteiger partial charge in [-0.25, -0.2) is 9.18 Å². The van der Waals surface area contributed by atoms with E-state index in [9.17, 15) is 9.18 Å². The molecule has 1 unspecified atom stereocenters. The number of rotatable bonds is 4. The van der Waals surface area contributed by atoms with Crippen LogP contribution in [0.4, 0.5) is 10.1 Å². The molecule has 35 heavy (non-hydrogen) atoms. The van der Waals surface area contributed by atoms with Crippen molar-refractivity contribution in [3.8, 4) is 5.75 Å². The van der Waals surface area contributed by atoms with E-state index in [-0.39, 0.29) is 11.2 Å². The zero-order valence-corrected chi connectivity index (χ0v) is 21.4. The summed E-state index contributed by atoms with van der Waals surface area (Å²) < 4.78 is 27.1. The van der Waals surface area contributed by atoms with Gasteiger partial charge in [0, 0.05) is 16.9 Å². The molecule has 0 spiro atoms. The Morgan fingerprint density at radius 3 is 2.57 bits per heavy atom. The van der Waals surface area contributed by atoms with E-state index in [1.54, 1.807) is 17.7 Å². The molecule has 7 heteroatoms. The maximum Gasteiger partial charge on any atom is 0.343 e. The molecule has 2 aromatic carbocycles. The molecular formula is C28H33FN2O3S. The molecule has 4 aliphatic heterocycles. The zero-order valence-electron chi connectivity index (χ0n) is 20.6. The molecule has 1 N–H and O–H groups in total. The second-order valence-corrected chi connectivity index (χ2v) is 11.0. The van der Waals surface area contributed by atoms with E-state index in [0.29, 0.717) is 29.5 Å². The highest BCUT2D eigenvalue weighted by molar-refractivity contribution is 8.00. The Hall–Kier alpha value is -2.51. The van der Waals surface area contributed by atoms with Crippen LogP contribution >= 0.6 is 11.9 Å². The first kappa shape index (κ1) is 24.2. The van der Waals surface area contributed by atoms with Crippen LogP contribution in [0.2, 0.25) is 0 Å². The van der Waals surface area contributed by atoms with Crippen LogP contribution in [-0.2, 0) is 4.74 Å². The molecule has 2 bridgehead atoms. The number of allylic oxidation sites excluding steroid dienone is 1. The highest BCUT2D eigenvalue weighted by Crippen LogP contribution is 2.64. The summed E-state index contributed by atoms with van der Waals surface area (Å²) in [6, 6.07) is 10.1. The summed E-state index contributed by atoms with van der Waals surface area (Å²) in [6.07, 6.45) is 6.23. The number of ether oxygens (including phenoxy) is 2. The van der Waals surface area contributed by atoms with Crippen LogP contribution in [0.15, 0.2) is 52.9 Å². The summed E-state index contributed by atoms with van der Waals surface area (Å²) in [5, 5.41) is 0. The van der Waals surface area contributed by atoms with E-state index in [1.807, 2.05) is 12.1 Å². The van der Waals surface area contributed by atoms with Crippen molar-refractivity contribution in [2.45, 2.75) is 43.9 Å². The predicted molar refractivity (Wildman–Crippen MR) is 138 cm³/mol. The van der Waals surface area contributed by atoms with Crippen molar-refractivity contribution in [1.29, 1.82) is 0 Å². The molecule has 0 radical (unpaired) electrons. The summed E-state index contributed by atoms with van der Waals surface area (Å²) >= 11 is 1.31. The summed E-state index contributed by atoms with van der Waals surface area (Å²) in [5.41, 5.74) is 4.01. The Morgan fingerprint density at radius 1 is 1.23 bits per heavy atom. The highest BCUT2D eigenvalue weighted by atomic mass is 32.2. The number of hydrogen-bond donors (Lipinski definition) is 1. The van der Waals surface area contributed by atoms with Gasteiger partial charge >= 0.3 is 5.97 Å². The number of carbonyl (C=O) groups is 1. The molecule has 0 amide bonds. The quantitative estimate of drug-likeness (QED) is 0.306. The largest absolute Gasteiger partial charge is 0.492 e. The van der Waals surface area contributed by atoms with Crippen molar-refractivity contribution < 1.29 is 18.7 Å². The monoisotopic (exact) mass is 496 g/mol. The van der Waals surface area contributed by atoms with Gasteiger partial charge < -0.3 is 14.2 Å². The fraction of sp³-hybridized carbons (Fsp3) is 0.464. The first-order valence-electron chi connectivity index (χ1n) is 12.4. The van der Waals surface area contributed by atoms with Gasteiger partial charge in [0.05, 0.1) is 19.4 Å². The molecule has 7 rings (SSSR count). The van der Waals surface area contributed by atoms with Gasteiger partial charge in [-0.3, -0.25) is 4.90 Å². The van der Waals surface area contributed by atoms with Crippen molar-refractivity contribution in [3.05, 3.63) is 65.0 Å². The van der Waals surface area contributed by atoms with Gasteiger partial charge in [0.25, 0.3) is 0 Å². The van der Waals surface area contributed by atoms with Crippen molar-refractivity contribution in [2.75, 3.05) is 38.1 Å². The van der Waals surface area contributed by atoms with Crippen LogP contribution in [0.5, 0.6) is 5.75 Å². The number of fused-ring (bicyclic) bond motifs is 6. The number of piperidine rings is 3. The van der Waals surface area contributed by atoms with Crippen molar-refractivity contribution in [2.24, 2.45) is 11.3 Å². The second-order valence-electron chi connectivity index (χ2n) is 10.2. The van der Waals surface area contributed by atoms with Crippen molar-refractivity contribution in [3.63, 3.8) is 0 Å². The Morgan fingerprint density at radius 2 is 1.97 bits per heavy atom. The lowest BCUT2D eigenvalue weighted by atomic mass is 9.84. The molecular weight excluding hydrogens is 463 g/mol. The maximum atomic E-state index is 13.0. The number of halogens is 1. The minimum Gasteiger partial charge on any atom is -0.492 e. The summed E-state index contributed by atoms with van der Waals surface area (Å²) in [6.45, 7) is 8.96. The normalized spacial score (nSPS) is 28.7. The van der Waals surface area contributed by atoms with Gasteiger partial charge in [-0.15, -0.1) is 0 Å². The third-order valence-corrected chi connectivity index (χ3v) is 8.66. The maximum absolute atomic E-state index is 13.0. The molecule has 1 saturated carbocycles. The topological polar surface area (TPSA) is 50.8 Å². The van der Waals surface area contributed by atoms with E-state index in [1.165, 1.54) is 63.7 Å². The number of esters is 1. The summed E-state index contributed by atoms with van der Waals surface area (Å²) in [7, 11) is 1.36. The van der Waals surface area contributed by atoms with E-state index in [4.69, 9.17) is 9.47 Å². The number of nitrogens with one attached hydrogen (secondary N) is 1. The summed E-state index contributed by atoms with van der Waals surface area (Å²) in [5.74, 6) is 1.31. The lowest BCUT2D eigenvalue weighted by Crippen LogP contribution is -2.42. The van der Waals surface area contributed by atoms with Gasteiger partial charge in [-0.1, -0.05) is 24.6 Å².